The zero-order valence-corrected chi connectivity index (χ0v) is 17.6. The van der Waals surface area contributed by atoms with E-state index >= 15 is 0 Å². The molecule has 4 nitrogen and oxygen atoms in total. The van der Waals surface area contributed by atoms with Crippen LogP contribution < -0.4 is 5.11 Å². The van der Waals surface area contributed by atoms with E-state index < -0.39 is 5.97 Å². The van der Waals surface area contributed by atoms with Crippen LogP contribution in [0.1, 0.15) is 97.8 Å². The predicted molar refractivity (Wildman–Crippen MR) is 108 cm³/mol. The highest BCUT2D eigenvalue weighted by atomic mass is 16.4. The third-order valence-corrected chi connectivity index (χ3v) is 5.17. The van der Waals surface area contributed by atoms with E-state index in [4.69, 9.17) is 0 Å². The summed E-state index contributed by atoms with van der Waals surface area (Å²) in [5, 5.41) is 21.4. The highest BCUT2D eigenvalue weighted by Gasteiger charge is 2.27. The lowest BCUT2D eigenvalue weighted by Crippen LogP contribution is -2.51. The van der Waals surface area contributed by atoms with Crippen LogP contribution in [0.15, 0.2) is 11.8 Å². The zero-order valence-electron chi connectivity index (χ0n) is 17.6. The lowest BCUT2D eigenvalue weighted by molar-refractivity contribution is -0.925. The molecule has 154 valence electrons. The third kappa shape index (κ3) is 13.2. The summed E-state index contributed by atoms with van der Waals surface area (Å²) in [6.07, 6.45) is 14.2. The van der Waals surface area contributed by atoms with E-state index in [1.54, 1.807) is 0 Å². The number of carboxylic acids is 1. The molecule has 0 radical (unpaired) electrons. The SMILES string of the molecule is CCCCC/C=C(\O)C[N+](CCCCC)(CCCCC)CCCC(=O)[O-]. The largest absolute Gasteiger partial charge is 0.550 e. The van der Waals surface area contributed by atoms with Gasteiger partial charge in [0.1, 0.15) is 12.3 Å². The van der Waals surface area contributed by atoms with Gasteiger partial charge < -0.3 is 19.5 Å². The van der Waals surface area contributed by atoms with Crippen molar-refractivity contribution in [3.63, 3.8) is 0 Å². The Morgan fingerprint density at radius 2 is 1.35 bits per heavy atom. The summed E-state index contributed by atoms with van der Waals surface area (Å²) in [7, 11) is 0. The van der Waals surface area contributed by atoms with Crippen LogP contribution in [-0.4, -0.2) is 41.7 Å². The highest BCUT2D eigenvalue weighted by molar-refractivity contribution is 5.64. The molecule has 0 amide bonds. The molecule has 0 aliphatic rings. The third-order valence-electron chi connectivity index (χ3n) is 5.17. The second-order valence-electron chi connectivity index (χ2n) is 7.75. The van der Waals surface area contributed by atoms with Crippen molar-refractivity contribution >= 4 is 5.97 Å². The van der Waals surface area contributed by atoms with E-state index in [9.17, 15) is 15.0 Å². The van der Waals surface area contributed by atoms with E-state index in [1.807, 2.05) is 6.08 Å². The smallest absolute Gasteiger partial charge is 0.143 e. The first-order valence-electron chi connectivity index (χ1n) is 10.9. The molecule has 1 N–H and O–H groups in total. The highest BCUT2D eigenvalue weighted by Crippen LogP contribution is 2.18. The zero-order chi connectivity index (χ0) is 19.7. The summed E-state index contributed by atoms with van der Waals surface area (Å²) in [5.74, 6) is -0.480. The number of hydrogen-bond acceptors (Lipinski definition) is 3. The number of unbranched alkanes of at least 4 members (excludes halogenated alkanes) is 7. The molecule has 0 aromatic rings. The summed E-state index contributed by atoms with van der Waals surface area (Å²) in [6, 6.07) is 0. The number of quaternary nitrogens is 1. The first-order valence-corrected chi connectivity index (χ1v) is 10.9. The Kier molecular flexibility index (Phi) is 15.5. The lowest BCUT2D eigenvalue weighted by atomic mass is 10.1. The molecule has 0 aromatic heterocycles. The van der Waals surface area contributed by atoms with Crippen LogP contribution in [0, 0.1) is 0 Å². The van der Waals surface area contributed by atoms with Gasteiger partial charge in [-0.3, -0.25) is 0 Å². The van der Waals surface area contributed by atoms with Crippen LogP contribution >= 0.6 is 0 Å². The average Bonchev–Trinajstić information content (AvgIpc) is 2.59. The van der Waals surface area contributed by atoms with Crippen molar-refractivity contribution in [3.05, 3.63) is 11.8 Å². The predicted octanol–water partition coefficient (Wildman–Crippen LogP) is 4.74. The molecular weight excluding hydrogens is 326 g/mol. The minimum absolute atomic E-state index is 0.114. The van der Waals surface area contributed by atoms with Crippen LogP contribution in [0.2, 0.25) is 0 Å². The second kappa shape index (κ2) is 16.2. The average molecular weight is 370 g/mol. The van der Waals surface area contributed by atoms with Gasteiger partial charge in [0.15, 0.2) is 0 Å². The van der Waals surface area contributed by atoms with E-state index in [0.717, 1.165) is 49.8 Å². The summed E-state index contributed by atoms with van der Waals surface area (Å²) in [4.78, 5) is 10.9. The molecule has 0 atom stereocenters. The normalized spacial score (nSPS) is 12.5. The van der Waals surface area contributed by atoms with Crippen molar-refractivity contribution in [1.82, 2.24) is 0 Å². The number of aliphatic carboxylic acids is 1. The molecule has 0 rings (SSSR count). The lowest BCUT2D eigenvalue weighted by Gasteiger charge is -2.39. The quantitative estimate of drug-likeness (QED) is 0.216. The van der Waals surface area contributed by atoms with Gasteiger partial charge in [0.2, 0.25) is 0 Å². The van der Waals surface area contributed by atoms with Crippen molar-refractivity contribution in [1.29, 1.82) is 0 Å². The second-order valence-corrected chi connectivity index (χ2v) is 7.75. The number of aliphatic hydroxyl groups excluding tert-OH is 1. The minimum Gasteiger partial charge on any atom is -0.550 e. The fourth-order valence-corrected chi connectivity index (χ4v) is 3.60. The molecular formula is C22H43NO3. The molecule has 0 saturated heterocycles. The van der Waals surface area contributed by atoms with E-state index in [2.05, 4.69) is 20.8 Å². The number of nitrogens with zero attached hydrogens (tertiary/aromatic N) is 1. The van der Waals surface area contributed by atoms with Gasteiger partial charge in [-0.1, -0.05) is 46.5 Å². The van der Waals surface area contributed by atoms with Crippen molar-refractivity contribution in [2.45, 2.75) is 97.8 Å². The molecule has 0 aliphatic carbocycles. The van der Waals surface area contributed by atoms with Crippen molar-refractivity contribution < 1.29 is 19.5 Å². The van der Waals surface area contributed by atoms with E-state index in [0.29, 0.717) is 18.7 Å². The molecule has 0 spiro atoms. The first kappa shape index (κ1) is 25.0. The molecule has 0 aromatic carbocycles. The van der Waals surface area contributed by atoms with Gasteiger partial charge >= 0.3 is 0 Å². The number of rotatable bonds is 18. The summed E-state index contributed by atoms with van der Waals surface area (Å²) in [5.41, 5.74) is 0. The fraction of sp³-hybridized carbons (Fsp3) is 0.864. The molecule has 0 bridgehead atoms. The van der Waals surface area contributed by atoms with E-state index in [1.165, 1.54) is 38.5 Å². The van der Waals surface area contributed by atoms with Crippen molar-refractivity contribution in [3.8, 4) is 0 Å². The Labute approximate surface area is 161 Å². The molecule has 0 fully saturated rings. The Hall–Kier alpha value is -1.03. The van der Waals surface area contributed by atoms with Crippen LogP contribution in [0.3, 0.4) is 0 Å². The van der Waals surface area contributed by atoms with Gasteiger partial charge in [-0.05, 0) is 51.0 Å². The number of aliphatic hydroxyl groups is 1. The number of allylic oxidation sites excluding steroid dienone is 1. The van der Waals surface area contributed by atoms with Crippen LogP contribution in [-0.2, 0) is 4.79 Å². The molecule has 0 heterocycles. The van der Waals surface area contributed by atoms with Crippen molar-refractivity contribution in [2.75, 3.05) is 26.2 Å². The summed E-state index contributed by atoms with van der Waals surface area (Å²) >= 11 is 0. The van der Waals surface area contributed by atoms with Crippen LogP contribution in [0.4, 0.5) is 0 Å². The minimum atomic E-state index is -0.968. The van der Waals surface area contributed by atoms with Crippen LogP contribution in [0.25, 0.3) is 0 Å². The Bertz CT molecular complexity index is 370. The molecule has 0 unspecified atom stereocenters. The Morgan fingerprint density at radius 1 is 0.846 bits per heavy atom. The topological polar surface area (TPSA) is 60.4 Å². The number of hydrogen-bond donors (Lipinski definition) is 1. The first-order chi connectivity index (χ1) is 12.5. The number of carbonyl (C=O) groups excluding carboxylic acids is 1. The van der Waals surface area contributed by atoms with Gasteiger partial charge in [-0.25, -0.2) is 0 Å². The number of carbonyl (C=O) groups is 1. The van der Waals surface area contributed by atoms with Crippen molar-refractivity contribution in [2.24, 2.45) is 0 Å². The van der Waals surface area contributed by atoms with E-state index in [-0.39, 0.29) is 6.42 Å². The van der Waals surface area contributed by atoms with Gasteiger partial charge in [0.05, 0.1) is 19.6 Å². The summed E-state index contributed by atoms with van der Waals surface area (Å²) < 4.78 is 0.823. The molecule has 4 heteroatoms. The van der Waals surface area contributed by atoms with Gasteiger partial charge in [-0.2, -0.15) is 0 Å². The Balaban J connectivity index is 5.00. The fourth-order valence-electron chi connectivity index (χ4n) is 3.60. The molecule has 0 saturated carbocycles. The molecule has 26 heavy (non-hydrogen) atoms. The standard InChI is InChI=1S/C22H43NO3/c1-4-7-10-11-15-21(24)20-23(17-12-8-5-2,18-13-9-6-3)19-14-16-22(25)26/h15H,4-14,16-20H2,1-3H3,(H-,24,25,26)/b21-15-. The van der Waals surface area contributed by atoms with Gasteiger partial charge in [0.25, 0.3) is 0 Å². The monoisotopic (exact) mass is 369 g/mol. The maximum absolute atomic E-state index is 10.9. The summed E-state index contributed by atoms with van der Waals surface area (Å²) in [6.45, 7) is 10.1. The Morgan fingerprint density at radius 3 is 1.85 bits per heavy atom. The van der Waals surface area contributed by atoms with Gasteiger partial charge in [0, 0.05) is 12.4 Å². The maximum atomic E-state index is 10.9. The maximum Gasteiger partial charge on any atom is 0.143 e. The number of carboxylic acid groups (broad SMARTS) is 1. The van der Waals surface area contributed by atoms with Gasteiger partial charge in [-0.15, -0.1) is 0 Å². The molecule has 0 aliphatic heterocycles. The van der Waals surface area contributed by atoms with Crippen LogP contribution in [0.5, 0.6) is 0 Å².